The summed E-state index contributed by atoms with van der Waals surface area (Å²) in [4.78, 5) is 20.0. The zero-order chi connectivity index (χ0) is 17.8. The van der Waals surface area contributed by atoms with Crippen LogP contribution in [0.3, 0.4) is 0 Å². The Hall–Kier alpha value is -3.07. The van der Waals surface area contributed by atoms with Gasteiger partial charge in [0.1, 0.15) is 18.1 Å². The van der Waals surface area contributed by atoms with Crippen molar-refractivity contribution in [2.75, 3.05) is 5.43 Å². The molecule has 0 bridgehead atoms. The number of hydrogen-bond acceptors (Lipinski definition) is 6. The number of hydrogen-bond donors (Lipinski definition) is 2. The van der Waals surface area contributed by atoms with Gasteiger partial charge in [0, 0.05) is 12.4 Å². The molecule has 3 aromatic rings. The molecule has 8 nitrogen and oxygen atoms in total. The van der Waals surface area contributed by atoms with Gasteiger partial charge in [-0.1, -0.05) is 17.7 Å². The van der Waals surface area contributed by atoms with Crippen LogP contribution >= 0.6 is 12.2 Å². The van der Waals surface area contributed by atoms with Gasteiger partial charge >= 0.3 is 0 Å². The summed E-state index contributed by atoms with van der Waals surface area (Å²) in [6.07, 6.45) is 4.29. The lowest BCUT2D eigenvalue weighted by Crippen LogP contribution is -2.26. The molecule has 1 aromatic carbocycles. The van der Waals surface area contributed by atoms with Crippen molar-refractivity contribution in [3.05, 3.63) is 64.2 Å². The number of H-pyrrole nitrogens is 1. The lowest BCUT2D eigenvalue weighted by atomic mass is 10.1. The normalized spacial score (nSPS) is 10.5. The Morgan fingerprint density at radius 1 is 1.36 bits per heavy atom. The summed E-state index contributed by atoms with van der Waals surface area (Å²) in [6, 6.07) is 5.89. The van der Waals surface area contributed by atoms with E-state index in [1.807, 2.05) is 32.0 Å². The van der Waals surface area contributed by atoms with Gasteiger partial charge in [-0.05, 0) is 37.7 Å². The molecule has 128 valence electrons. The molecule has 0 spiro atoms. The van der Waals surface area contributed by atoms with E-state index in [1.54, 1.807) is 0 Å². The Balaban J connectivity index is 1.75. The van der Waals surface area contributed by atoms with Crippen molar-refractivity contribution >= 4 is 18.1 Å². The van der Waals surface area contributed by atoms with Gasteiger partial charge in [0.05, 0.1) is 6.20 Å². The van der Waals surface area contributed by atoms with E-state index in [0.717, 1.165) is 16.9 Å². The van der Waals surface area contributed by atoms with Crippen LogP contribution in [-0.4, -0.2) is 30.7 Å². The third-order valence-electron chi connectivity index (χ3n) is 3.44. The molecule has 0 atom stereocenters. The average molecular weight is 356 g/mol. The molecule has 1 amide bonds. The van der Waals surface area contributed by atoms with Crippen molar-refractivity contribution in [1.82, 2.24) is 24.8 Å². The maximum Gasteiger partial charge on any atom is 0.290 e. The number of ether oxygens (including phenoxy) is 1. The number of rotatable bonds is 5. The number of aryl methyl sites for hydroxylation is 2. The molecule has 0 aliphatic heterocycles. The fraction of sp³-hybridized carbons (Fsp3) is 0.188. The van der Waals surface area contributed by atoms with E-state index in [1.165, 1.54) is 23.3 Å². The predicted octanol–water partition coefficient (Wildman–Crippen LogP) is 2.31. The summed E-state index contributed by atoms with van der Waals surface area (Å²) in [5, 5.41) is 6.73. The summed E-state index contributed by atoms with van der Waals surface area (Å²) in [5.74, 6) is 0.729. The fourth-order valence-electron chi connectivity index (χ4n) is 2.22. The number of nitrogens with zero attached hydrogens (tertiary/aromatic N) is 4. The summed E-state index contributed by atoms with van der Waals surface area (Å²) in [7, 11) is 0. The van der Waals surface area contributed by atoms with Gasteiger partial charge in [-0.3, -0.25) is 20.3 Å². The molecule has 0 fully saturated rings. The first-order chi connectivity index (χ1) is 12.0. The minimum absolute atomic E-state index is 0.137. The van der Waals surface area contributed by atoms with Crippen LogP contribution in [-0.2, 0) is 6.61 Å². The Labute approximate surface area is 148 Å². The van der Waals surface area contributed by atoms with Crippen LogP contribution in [0.25, 0.3) is 0 Å². The van der Waals surface area contributed by atoms with Gasteiger partial charge in [-0.15, -0.1) is 0 Å². The SMILES string of the molecule is Cc1ccc(OCc2n[nH]c(=S)n2NC(=O)c2cnccn2)c(C)c1. The molecule has 0 aliphatic rings. The minimum atomic E-state index is -0.446. The fourth-order valence-corrected chi connectivity index (χ4v) is 2.42. The topological polar surface area (TPSA) is 97.7 Å². The van der Waals surface area contributed by atoms with Crippen LogP contribution in [0.4, 0.5) is 0 Å². The smallest absolute Gasteiger partial charge is 0.290 e. The third-order valence-corrected chi connectivity index (χ3v) is 3.71. The molecule has 25 heavy (non-hydrogen) atoms. The second-order valence-corrected chi connectivity index (χ2v) is 5.76. The van der Waals surface area contributed by atoms with Crippen LogP contribution in [0, 0.1) is 18.6 Å². The Morgan fingerprint density at radius 2 is 2.20 bits per heavy atom. The molecular formula is C16H16N6O2S. The van der Waals surface area contributed by atoms with Crippen molar-refractivity contribution in [2.45, 2.75) is 20.5 Å². The van der Waals surface area contributed by atoms with E-state index < -0.39 is 5.91 Å². The van der Waals surface area contributed by atoms with Crippen LogP contribution in [0.1, 0.15) is 27.4 Å². The quantitative estimate of drug-likeness (QED) is 0.681. The van der Waals surface area contributed by atoms with E-state index in [0.29, 0.717) is 5.82 Å². The summed E-state index contributed by atoms with van der Waals surface area (Å²) in [5.41, 5.74) is 4.98. The number of carbonyl (C=O) groups is 1. The van der Waals surface area contributed by atoms with E-state index in [9.17, 15) is 4.79 Å². The van der Waals surface area contributed by atoms with Crippen LogP contribution in [0.2, 0.25) is 0 Å². The molecule has 0 saturated heterocycles. The van der Waals surface area contributed by atoms with Crippen molar-refractivity contribution in [3.63, 3.8) is 0 Å². The largest absolute Gasteiger partial charge is 0.485 e. The second kappa shape index (κ2) is 7.22. The number of aromatic amines is 1. The van der Waals surface area contributed by atoms with Gasteiger partial charge < -0.3 is 4.74 Å². The Morgan fingerprint density at radius 3 is 2.92 bits per heavy atom. The average Bonchev–Trinajstić information content (AvgIpc) is 2.95. The maximum atomic E-state index is 12.2. The van der Waals surface area contributed by atoms with Crippen LogP contribution in [0.15, 0.2) is 36.8 Å². The number of nitrogens with one attached hydrogen (secondary N) is 2. The molecule has 9 heteroatoms. The standard InChI is InChI=1S/C16H16N6O2S/c1-10-3-4-13(11(2)7-10)24-9-14-19-20-16(25)22(14)21-15(23)12-8-17-5-6-18-12/h3-8H,9H2,1-2H3,(H,20,25)(H,21,23). The predicted molar refractivity (Wildman–Crippen MR) is 93.4 cm³/mol. The highest BCUT2D eigenvalue weighted by atomic mass is 32.1. The summed E-state index contributed by atoms with van der Waals surface area (Å²) < 4.78 is 7.39. The third kappa shape index (κ3) is 3.89. The molecule has 0 unspecified atom stereocenters. The first-order valence-electron chi connectivity index (χ1n) is 7.48. The van der Waals surface area contributed by atoms with E-state index in [-0.39, 0.29) is 17.1 Å². The van der Waals surface area contributed by atoms with E-state index in [4.69, 9.17) is 17.0 Å². The highest BCUT2D eigenvalue weighted by Gasteiger charge is 2.13. The van der Waals surface area contributed by atoms with Crippen molar-refractivity contribution in [2.24, 2.45) is 0 Å². The highest BCUT2D eigenvalue weighted by Crippen LogP contribution is 2.19. The first-order valence-corrected chi connectivity index (χ1v) is 7.89. The molecule has 0 saturated carbocycles. The minimum Gasteiger partial charge on any atom is -0.485 e. The van der Waals surface area contributed by atoms with Gasteiger partial charge in [0.2, 0.25) is 4.77 Å². The maximum absolute atomic E-state index is 12.2. The van der Waals surface area contributed by atoms with Gasteiger partial charge in [0.15, 0.2) is 5.82 Å². The lowest BCUT2D eigenvalue weighted by Gasteiger charge is -2.11. The van der Waals surface area contributed by atoms with Crippen molar-refractivity contribution in [1.29, 1.82) is 0 Å². The molecule has 3 rings (SSSR count). The Kier molecular flexibility index (Phi) is 4.85. The van der Waals surface area contributed by atoms with Gasteiger partial charge in [-0.25, -0.2) is 9.66 Å². The molecule has 2 N–H and O–H groups in total. The van der Waals surface area contributed by atoms with E-state index >= 15 is 0 Å². The molecule has 0 aliphatic carbocycles. The number of aromatic nitrogens is 5. The summed E-state index contributed by atoms with van der Waals surface area (Å²) in [6.45, 7) is 4.12. The first kappa shape index (κ1) is 16.8. The zero-order valence-corrected chi connectivity index (χ0v) is 14.5. The zero-order valence-electron chi connectivity index (χ0n) is 13.7. The number of carbonyl (C=O) groups excluding carboxylic acids is 1. The van der Waals surface area contributed by atoms with Gasteiger partial charge in [0.25, 0.3) is 5.91 Å². The number of benzene rings is 1. The van der Waals surface area contributed by atoms with Crippen molar-refractivity contribution in [3.8, 4) is 5.75 Å². The molecule has 2 aromatic heterocycles. The van der Waals surface area contributed by atoms with Crippen LogP contribution in [0.5, 0.6) is 5.75 Å². The molecule has 2 heterocycles. The van der Waals surface area contributed by atoms with E-state index in [2.05, 4.69) is 25.6 Å². The highest BCUT2D eigenvalue weighted by molar-refractivity contribution is 7.71. The Bertz CT molecular complexity index is 951. The summed E-state index contributed by atoms with van der Waals surface area (Å²) >= 11 is 5.15. The lowest BCUT2D eigenvalue weighted by molar-refractivity contribution is 0.100. The van der Waals surface area contributed by atoms with Gasteiger partial charge in [-0.2, -0.15) is 5.10 Å². The van der Waals surface area contributed by atoms with Crippen molar-refractivity contribution < 1.29 is 9.53 Å². The molecule has 0 radical (unpaired) electrons. The monoisotopic (exact) mass is 356 g/mol. The molecular weight excluding hydrogens is 340 g/mol. The number of amides is 1. The second-order valence-electron chi connectivity index (χ2n) is 5.37. The van der Waals surface area contributed by atoms with Crippen LogP contribution < -0.4 is 10.2 Å².